The molecule has 0 aromatic carbocycles. The minimum Gasteiger partial charge on any atom is -0.311 e. The Bertz CT molecular complexity index is 455. The first-order valence-electron chi connectivity index (χ1n) is 5.05. The summed E-state index contributed by atoms with van der Waals surface area (Å²) in [5.41, 5.74) is 2.38. The molecule has 4 heteroatoms. The van der Waals surface area contributed by atoms with E-state index in [0.29, 0.717) is 0 Å². The molecule has 0 amide bonds. The summed E-state index contributed by atoms with van der Waals surface area (Å²) in [6.07, 6.45) is 5.01. The number of fused-ring (bicyclic) bond motifs is 1. The van der Waals surface area contributed by atoms with E-state index in [4.69, 9.17) is 0 Å². The van der Waals surface area contributed by atoms with Gasteiger partial charge in [-0.3, -0.25) is 4.40 Å². The van der Waals surface area contributed by atoms with Crippen molar-refractivity contribution in [2.75, 3.05) is 6.54 Å². The van der Waals surface area contributed by atoms with Crippen molar-refractivity contribution in [3.63, 3.8) is 0 Å². The molecule has 1 N–H and O–H groups in total. The van der Waals surface area contributed by atoms with Gasteiger partial charge in [-0.2, -0.15) is 0 Å². The zero-order valence-corrected chi connectivity index (χ0v) is 9.68. The van der Waals surface area contributed by atoms with Crippen LogP contribution in [-0.2, 0) is 6.54 Å². The zero-order valence-electron chi connectivity index (χ0n) is 8.86. The molecule has 0 aliphatic carbocycles. The highest BCUT2D eigenvalue weighted by molar-refractivity contribution is 7.15. The molecule has 0 aliphatic heterocycles. The molecule has 0 bridgehead atoms. The highest BCUT2D eigenvalue weighted by Gasteiger charge is 2.07. The van der Waals surface area contributed by atoms with E-state index in [1.165, 1.54) is 5.69 Å². The van der Waals surface area contributed by atoms with Crippen molar-refractivity contribution in [2.45, 2.75) is 19.9 Å². The number of nitrogens with one attached hydrogen (secondary N) is 1. The number of hydrogen-bond donors (Lipinski definition) is 1. The van der Waals surface area contributed by atoms with E-state index in [2.05, 4.69) is 39.8 Å². The molecule has 0 saturated heterocycles. The summed E-state index contributed by atoms with van der Waals surface area (Å²) in [6, 6.07) is 0. The van der Waals surface area contributed by atoms with Gasteiger partial charge >= 0.3 is 0 Å². The summed E-state index contributed by atoms with van der Waals surface area (Å²) in [5, 5.41) is 5.45. The van der Waals surface area contributed by atoms with Gasteiger partial charge in [0.1, 0.15) is 0 Å². The fourth-order valence-electron chi connectivity index (χ4n) is 1.56. The fourth-order valence-corrected chi connectivity index (χ4v) is 2.34. The molecule has 0 atom stereocenters. The molecule has 0 aliphatic rings. The largest absolute Gasteiger partial charge is 0.311 e. The third kappa shape index (κ3) is 2.11. The predicted octanol–water partition coefficient (Wildman–Crippen LogP) is 2.37. The van der Waals surface area contributed by atoms with Gasteiger partial charge in [-0.1, -0.05) is 6.08 Å². The molecule has 80 valence electrons. The Hall–Kier alpha value is -1.13. The number of nitrogens with zero attached hydrogens (tertiary/aromatic N) is 2. The van der Waals surface area contributed by atoms with E-state index >= 15 is 0 Å². The van der Waals surface area contributed by atoms with Gasteiger partial charge in [0.15, 0.2) is 4.96 Å². The highest BCUT2D eigenvalue weighted by Crippen LogP contribution is 2.16. The molecule has 2 rings (SSSR count). The molecule has 0 fully saturated rings. The lowest BCUT2D eigenvalue weighted by atomic mass is 10.3. The van der Waals surface area contributed by atoms with Crippen molar-refractivity contribution in [3.8, 4) is 0 Å². The van der Waals surface area contributed by atoms with Crippen LogP contribution in [0.1, 0.15) is 17.8 Å². The van der Waals surface area contributed by atoms with Gasteiger partial charge in [0.25, 0.3) is 0 Å². The van der Waals surface area contributed by atoms with E-state index in [1.54, 1.807) is 11.3 Å². The monoisotopic (exact) mass is 221 g/mol. The van der Waals surface area contributed by atoms with Crippen molar-refractivity contribution in [3.05, 3.63) is 35.6 Å². The van der Waals surface area contributed by atoms with Crippen LogP contribution in [0.5, 0.6) is 0 Å². The van der Waals surface area contributed by atoms with E-state index in [1.807, 2.05) is 6.08 Å². The smallest absolute Gasteiger partial charge is 0.194 e. The second-order valence-corrected chi connectivity index (χ2v) is 4.33. The standard InChI is InChI=1S/C11H15N3S/c1-3-4-5-12-8-10-9(2)13-11-14(10)6-7-15-11/h3,6-7,12H,1,4-5,8H2,2H3. The summed E-state index contributed by atoms with van der Waals surface area (Å²) >= 11 is 1.67. The van der Waals surface area contributed by atoms with Crippen molar-refractivity contribution >= 4 is 16.3 Å². The SMILES string of the molecule is C=CCCNCc1c(C)nc2sccn12. The average Bonchev–Trinajstić information content (AvgIpc) is 2.75. The van der Waals surface area contributed by atoms with Crippen LogP contribution in [0.3, 0.4) is 0 Å². The number of rotatable bonds is 5. The molecule has 2 aromatic heterocycles. The first kappa shape index (κ1) is 10.4. The Kier molecular flexibility index (Phi) is 3.18. The third-order valence-corrected chi connectivity index (χ3v) is 3.14. The van der Waals surface area contributed by atoms with Gasteiger partial charge in [0.05, 0.1) is 11.4 Å². The number of imidazole rings is 1. The van der Waals surface area contributed by atoms with Crippen LogP contribution in [0.25, 0.3) is 4.96 Å². The van der Waals surface area contributed by atoms with Crippen LogP contribution in [-0.4, -0.2) is 15.9 Å². The molecule has 0 unspecified atom stereocenters. The Morgan fingerprint density at radius 2 is 2.53 bits per heavy atom. The lowest BCUT2D eigenvalue weighted by Gasteiger charge is -2.02. The minimum absolute atomic E-state index is 0.873. The predicted molar refractivity (Wildman–Crippen MR) is 64.3 cm³/mol. The Morgan fingerprint density at radius 1 is 1.67 bits per heavy atom. The minimum atomic E-state index is 0.873. The third-order valence-electron chi connectivity index (χ3n) is 2.38. The van der Waals surface area contributed by atoms with Gasteiger partial charge in [0.2, 0.25) is 0 Å². The van der Waals surface area contributed by atoms with Gasteiger partial charge in [0, 0.05) is 18.1 Å². The summed E-state index contributed by atoms with van der Waals surface area (Å²) in [5.74, 6) is 0. The summed E-state index contributed by atoms with van der Waals surface area (Å²) in [6.45, 7) is 7.60. The molecule has 0 spiro atoms. The molecular weight excluding hydrogens is 206 g/mol. The van der Waals surface area contributed by atoms with Crippen LogP contribution in [0.4, 0.5) is 0 Å². The maximum atomic E-state index is 4.49. The van der Waals surface area contributed by atoms with Gasteiger partial charge in [-0.15, -0.1) is 17.9 Å². The molecule has 0 saturated carbocycles. The summed E-state index contributed by atoms with van der Waals surface area (Å²) < 4.78 is 2.15. The Balaban J connectivity index is 2.08. The van der Waals surface area contributed by atoms with E-state index in [0.717, 1.165) is 30.2 Å². The normalized spacial score (nSPS) is 11.0. The molecule has 2 heterocycles. The lowest BCUT2D eigenvalue weighted by Crippen LogP contribution is -2.15. The van der Waals surface area contributed by atoms with E-state index in [9.17, 15) is 0 Å². The van der Waals surface area contributed by atoms with Crippen molar-refractivity contribution in [1.29, 1.82) is 0 Å². The Morgan fingerprint density at radius 3 is 3.33 bits per heavy atom. The van der Waals surface area contributed by atoms with E-state index < -0.39 is 0 Å². The van der Waals surface area contributed by atoms with Crippen LogP contribution in [0.2, 0.25) is 0 Å². The van der Waals surface area contributed by atoms with Gasteiger partial charge in [-0.05, 0) is 19.9 Å². The van der Waals surface area contributed by atoms with Gasteiger partial charge < -0.3 is 5.32 Å². The first-order chi connectivity index (χ1) is 7.33. The average molecular weight is 221 g/mol. The van der Waals surface area contributed by atoms with Gasteiger partial charge in [-0.25, -0.2) is 4.98 Å². The van der Waals surface area contributed by atoms with E-state index in [-0.39, 0.29) is 0 Å². The zero-order chi connectivity index (χ0) is 10.7. The van der Waals surface area contributed by atoms with Crippen LogP contribution in [0.15, 0.2) is 24.2 Å². The Labute approximate surface area is 93.5 Å². The first-order valence-corrected chi connectivity index (χ1v) is 5.93. The number of thiazole rings is 1. The number of hydrogen-bond acceptors (Lipinski definition) is 3. The maximum Gasteiger partial charge on any atom is 0.194 e. The molecule has 15 heavy (non-hydrogen) atoms. The molecule has 3 nitrogen and oxygen atoms in total. The number of aromatic nitrogens is 2. The number of aryl methyl sites for hydroxylation is 1. The van der Waals surface area contributed by atoms with Crippen LogP contribution < -0.4 is 5.32 Å². The second kappa shape index (κ2) is 4.59. The summed E-state index contributed by atoms with van der Waals surface area (Å²) in [4.78, 5) is 5.57. The maximum absolute atomic E-state index is 4.49. The lowest BCUT2D eigenvalue weighted by molar-refractivity contribution is 0.676. The second-order valence-electron chi connectivity index (χ2n) is 3.45. The molecule has 0 radical (unpaired) electrons. The highest BCUT2D eigenvalue weighted by atomic mass is 32.1. The van der Waals surface area contributed by atoms with Crippen molar-refractivity contribution in [1.82, 2.24) is 14.7 Å². The van der Waals surface area contributed by atoms with Crippen LogP contribution >= 0.6 is 11.3 Å². The topological polar surface area (TPSA) is 29.3 Å². The quantitative estimate of drug-likeness (QED) is 0.620. The molecular formula is C11H15N3S. The fraction of sp³-hybridized carbons (Fsp3) is 0.364. The summed E-state index contributed by atoms with van der Waals surface area (Å²) in [7, 11) is 0. The molecule has 2 aromatic rings. The van der Waals surface area contributed by atoms with Crippen LogP contribution in [0, 0.1) is 6.92 Å². The van der Waals surface area contributed by atoms with Crippen molar-refractivity contribution in [2.24, 2.45) is 0 Å². The van der Waals surface area contributed by atoms with Crippen molar-refractivity contribution < 1.29 is 0 Å².